The van der Waals surface area contributed by atoms with E-state index in [1.54, 1.807) is 6.26 Å². The molecular formula is C14H12Br2N2O. The van der Waals surface area contributed by atoms with Gasteiger partial charge in [0.1, 0.15) is 12.1 Å². The minimum absolute atomic E-state index is 0.0446. The molecule has 2 heterocycles. The third kappa shape index (κ3) is 2.37. The second-order valence-corrected chi connectivity index (χ2v) is 6.23. The zero-order valence-electron chi connectivity index (χ0n) is 10.3. The minimum atomic E-state index is -0.0446. The number of ether oxygens (including phenoxy) is 1. The van der Waals surface area contributed by atoms with Crippen LogP contribution in [0.5, 0.6) is 0 Å². The van der Waals surface area contributed by atoms with Crippen LogP contribution in [0.2, 0.25) is 0 Å². The van der Waals surface area contributed by atoms with Gasteiger partial charge in [-0.3, -0.25) is 5.01 Å². The lowest BCUT2D eigenvalue weighted by Crippen LogP contribution is -2.39. The monoisotopic (exact) mass is 382 g/mol. The molecular weight excluding hydrogens is 372 g/mol. The van der Waals surface area contributed by atoms with E-state index in [-0.39, 0.29) is 12.1 Å². The zero-order valence-corrected chi connectivity index (χ0v) is 13.4. The molecule has 0 saturated heterocycles. The van der Waals surface area contributed by atoms with E-state index in [4.69, 9.17) is 4.74 Å². The molecule has 1 aliphatic carbocycles. The highest BCUT2D eigenvalue weighted by molar-refractivity contribution is 9.12. The predicted molar refractivity (Wildman–Crippen MR) is 84.0 cm³/mol. The number of rotatable bonds is 0. The van der Waals surface area contributed by atoms with E-state index in [9.17, 15) is 0 Å². The van der Waals surface area contributed by atoms with Gasteiger partial charge in [0.2, 0.25) is 0 Å². The Kier molecular flexibility index (Phi) is 3.50. The molecule has 5 heteroatoms. The van der Waals surface area contributed by atoms with E-state index in [1.807, 2.05) is 42.5 Å². The van der Waals surface area contributed by atoms with Crippen LogP contribution >= 0.6 is 31.9 Å². The number of hydrazone groups is 1. The fourth-order valence-electron chi connectivity index (χ4n) is 2.26. The molecule has 0 radical (unpaired) electrons. The Balaban J connectivity index is 2.07. The van der Waals surface area contributed by atoms with Gasteiger partial charge in [-0.15, -0.1) is 0 Å². The summed E-state index contributed by atoms with van der Waals surface area (Å²) in [6.45, 7) is 2.05. The lowest BCUT2D eigenvalue weighted by atomic mass is 9.97. The molecule has 19 heavy (non-hydrogen) atoms. The summed E-state index contributed by atoms with van der Waals surface area (Å²) in [6.07, 6.45) is 13.6. The van der Waals surface area contributed by atoms with E-state index in [1.165, 1.54) is 0 Å². The van der Waals surface area contributed by atoms with E-state index in [2.05, 4.69) is 43.0 Å². The number of halogens is 2. The van der Waals surface area contributed by atoms with E-state index < -0.39 is 0 Å². The molecule has 0 amide bonds. The van der Waals surface area contributed by atoms with Crippen LogP contribution in [-0.2, 0) is 4.74 Å². The van der Waals surface area contributed by atoms with E-state index in [0.717, 1.165) is 20.2 Å². The maximum atomic E-state index is 5.83. The second-order valence-electron chi connectivity index (χ2n) is 4.46. The van der Waals surface area contributed by atoms with Crippen molar-refractivity contribution < 1.29 is 4.74 Å². The highest BCUT2D eigenvalue weighted by Crippen LogP contribution is 2.34. The van der Waals surface area contributed by atoms with E-state index in [0.29, 0.717) is 0 Å². The molecule has 0 aromatic rings. The quantitative estimate of drug-likeness (QED) is 0.632. The Morgan fingerprint density at radius 2 is 2.11 bits per heavy atom. The lowest BCUT2D eigenvalue weighted by molar-refractivity contribution is 0.112. The van der Waals surface area contributed by atoms with Gasteiger partial charge in [0, 0.05) is 20.2 Å². The first-order chi connectivity index (χ1) is 9.16. The molecule has 0 spiro atoms. The summed E-state index contributed by atoms with van der Waals surface area (Å²) in [7, 11) is 0. The first-order valence-electron chi connectivity index (χ1n) is 5.94. The third-order valence-electron chi connectivity index (χ3n) is 3.23. The molecule has 2 unspecified atom stereocenters. The molecule has 0 bridgehead atoms. The Bertz CT molecular complexity index is 584. The Morgan fingerprint density at radius 1 is 1.26 bits per heavy atom. The first-order valence-corrected chi connectivity index (χ1v) is 7.52. The van der Waals surface area contributed by atoms with Gasteiger partial charge in [-0.2, -0.15) is 5.10 Å². The average Bonchev–Trinajstić information content (AvgIpc) is 2.84. The van der Waals surface area contributed by atoms with Crippen molar-refractivity contribution in [1.29, 1.82) is 0 Å². The molecule has 2 aliphatic heterocycles. The summed E-state index contributed by atoms with van der Waals surface area (Å²) >= 11 is 7.04. The summed E-state index contributed by atoms with van der Waals surface area (Å²) in [5, 5.41) is 6.50. The molecule has 98 valence electrons. The summed E-state index contributed by atoms with van der Waals surface area (Å²) in [6, 6.07) is 0.0885. The number of hydrogen-bond donors (Lipinski definition) is 0. The highest BCUT2D eigenvalue weighted by Gasteiger charge is 2.37. The van der Waals surface area contributed by atoms with Gasteiger partial charge in [-0.1, -0.05) is 31.9 Å². The normalized spacial score (nSPS) is 36.1. The maximum absolute atomic E-state index is 5.83. The molecule has 0 aromatic heterocycles. The van der Waals surface area contributed by atoms with Crippen molar-refractivity contribution in [2.45, 2.75) is 19.1 Å². The van der Waals surface area contributed by atoms with Crippen LogP contribution in [0.15, 0.2) is 62.0 Å². The summed E-state index contributed by atoms with van der Waals surface area (Å²) in [4.78, 5) is 0. The molecule has 0 saturated carbocycles. The number of allylic oxidation sites excluding steroid dienone is 7. The Labute approximate surface area is 128 Å². The van der Waals surface area contributed by atoms with Crippen LogP contribution in [0.3, 0.4) is 0 Å². The molecule has 2 atom stereocenters. The summed E-state index contributed by atoms with van der Waals surface area (Å²) < 4.78 is 7.86. The fourth-order valence-corrected chi connectivity index (χ4v) is 2.99. The van der Waals surface area contributed by atoms with Gasteiger partial charge in [-0.25, -0.2) is 0 Å². The van der Waals surface area contributed by atoms with Crippen molar-refractivity contribution in [3.63, 3.8) is 0 Å². The average molecular weight is 384 g/mol. The molecule has 3 aliphatic rings. The zero-order chi connectivity index (χ0) is 13.4. The van der Waals surface area contributed by atoms with Crippen molar-refractivity contribution in [1.82, 2.24) is 5.01 Å². The van der Waals surface area contributed by atoms with Crippen molar-refractivity contribution >= 4 is 38.1 Å². The first kappa shape index (κ1) is 12.9. The van der Waals surface area contributed by atoms with Gasteiger partial charge in [-0.05, 0) is 37.3 Å². The van der Waals surface area contributed by atoms with Gasteiger partial charge >= 0.3 is 0 Å². The smallest absolute Gasteiger partial charge is 0.143 e. The second kappa shape index (κ2) is 5.13. The Hall–Kier alpha value is -1.07. The standard InChI is InChI=1S/C14H12Br2N2O/c1-9-2-3-10(15)6-7-19-13-5-4-12(16)11-8-17-18(9)14(11)13/h2-8,13-14H,1H3/b7-6+,9-2+,10-3+. The van der Waals surface area contributed by atoms with Crippen molar-refractivity contribution in [2.75, 3.05) is 0 Å². The van der Waals surface area contributed by atoms with Gasteiger partial charge in [0.05, 0.1) is 12.5 Å². The number of hydrogen-bond acceptors (Lipinski definition) is 3. The SMILES string of the molecule is C\C1=C/C=C(Br)\C=C\OC2C=CC(Br)=C3C=NN1C32. The summed E-state index contributed by atoms with van der Waals surface area (Å²) in [5.74, 6) is 0. The van der Waals surface area contributed by atoms with Crippen LogP contribution in [0.4, 0.5) is 0 Å². The summed E-state index contributed by atoms with van der Waals surface area (Å²) in [5.41, 5.74) is 2.23. The van der Waals surface area contributed by atoms with E-state index >= 15 is 0 Å². The molecule has 0 aromatic carbocycles. The van der Waals surface area contributed by atoms with Crippen LogP contribution in [0.1, 0.15) is 6.92 Å². The maximum Gasteiger partial charge on any atom is 0.143 e. The lowest BCUT2D eigenvalue weighted by Gasteiger charge is -2.32. The third-order valence-corrected chi connectivity index (χ3v) is 4.48. The van der Waals surface area contributed by atoms with Gasteiger partial charge < -0.3 is 4.74 Å². The molecule has 0 fully saturated rings. The van der Waals surface area contributed by atoms with Crippen molar-refractivity contribution in [3.8, 4) is 0 Å². The molecule has 3 nitrogen and oxygen atoms in total. The minimum Gasteiger partial charge on any atom is -0.491 e. The van der Waals surface area contributed by atoms with Crippen LogP contribution < -0.4 is 0 Å². The van der Waals surface area contributed by atoms with Crippen LogP contribution in [0.25, 0.3) is 0 Å². The number of nitrogens with zero attached hydrogens (tertiary/aromatic N) is 2. The van der Waals surface area contributed by atoms with Gasteiger partial charge in [0.15, 0.2) is 0 Å². The Morgan fingerprint density at radius 3 is 2.95 bits per heavy atom. The highest BCUT2D eigenvalue weighted by atomic mass is 79.9. The predicted octanol–water partition coefficient (Wildman–Crippen LogP) is 3.97. The van der Waals surface area contributed by atoms with Crippen LogP contribution in [-0.4, -0.2) is 23.4 Å². The largest absolute Gasteiger partial charge is 0.491 e. The molecule has 0 N–H and O–H groups in total. The van der Waals surface area contributed by atoms with Crippen LogP contribution in [0, 0.1) is 0 Å². The topological polar surface area (TPSA) is 24.8 Å². The fraction of sp³-hybridized carbons (Fsp3) is 0.214. The van der Waals surface area contributed by atoms with Crippen molar-refractivity contribution in [2.24, 2.45) is 5.10 Å². The van der Waals surface area contributed by atoms with Crippen molar-refractivity contribution in [3.05, 3.63) is 56.9 Å². The van der Waals surface area contributed by atoms with Gasteiger partial charge in [0.25, 0.3) is 0 Å². The molecule has 3 rings (SSSR count).